The van der Waals surface area contributed by atoms with Gasteiger partial charge in [0.25, 0.3) is 5.91 Å². The minimum atomic E-state index is -0.465. The number of amides is 1. The fourth-order valence-corrected chi connectivity index (χ4v) is 5.55. The monoisotopic (exact) mass is 472 g/mol. The number of carbonyl (C=O) groups is 1. The fourth-order valence-electron chi connectivity index (χ4n) is 5.55. The number of methoxy groups -OCH3 is 1. The van der Waals surface area contributed by atoms with Crippen molar-refractivity contribution in [1.29, 1.82) is 0 Å². The molecule has 1 amide bonds. The van der Waals surface area contributed by atoms with Crippen LogP contribution in [0.15, 0.2) is 55.0 Å². The number of halogens is 1. The number of fused-ring (bicyclic) bond motifs is 1. The standard InChI is InChI=1S/C28H29FN4O2/c1-17-26(22-4-3-12-32-28(22)35-2)24(27(30)34)16-33(17)15-18-5-7-19(8-6-18)21-11-13-31-25-10-9-20(29)14-23(21)25/h3-4,9-14,16,18-19H,5-8,15H2,1-2H3,(H2,30,34). The Morgan fingerprint density at radius 1 is 1.14 bits per heavy atom. The lowest BCUT2D eigenvalue weighted by atomic mass is 9.78. The van der Waals surface area contributed by atoms with Crippen LogP contribution in [0.25, 0.3) is 22.0 Å². The first-order chi connectivity index (χ1) is 17.0. The second-order valence-electron chi connectivity index (χ2n) is 9.36. The van der Waals surface area contributed by atoms with E-state index in [9.17, 15) is 9.18 Å². The molecule has 2 N–H and O–H groups in total. The predicted octanol–water partition coefficient (Wildman–Crippen LogP) is 5.63. The summed E-state index contributed by atoms with van der Waals surface area (Å²) in [6, 6.07) is 10.6. The molecule has 0 saturated heterocycles. The fraction of sp³-hybridized carbons (Fsp3) is 0.321. The van der Waals surface area contributed by atoms with Gasteiger partial charge in [0, 0.05) is 47.3 Å². The zero-order valence-corrected chi connectivity index (χ0v) is 20.0. The summed E-state index contributed by atoms with van der Waals surface area (Å²) in [5.74, 6) is 0.646. The summed E-state index contributed by atoms with van der Waals surface area (Å²) in [5.41, 5.74) is 10.8. The highest BCUT2D eigenvalue weighted by Gasteiger charge is 2.27. The van der Waals surface area contributed by atoms with Crippen molar-refractivity contribution in [2.75, 3.05) is 7.11 Å². The smallest absolute Gasteiger partial charge is 0.250 e. The zero-order valence-electron chi connectivity index (χ0n) is 20.0. The Bertz CT molecular complexity index is 1390. The van der Waals surface area contributed by atoms with Gasteiger partial charge < -0.3 is 15.0 Å². The van der Waals surface area contributed by atoms with E-state index >= 15 is 0 Å². The Balaban J connectivity index is 1.37. The Morgan fingerprint density at radius 3 is 2.69 bits per heavy atom. The highest BCUT2D eigenvalue weighted by atomic mass is 19.1. The maximum absolute atomic E-state index is 13.9. The molecule has 1 saturated carbocycles. The van der Waals surface area contributed by atoms with E-state index in [0.717, 1.165) is 60.0 Å². The first-order valence-corrected chi connectivity index (χ1v) is 12.0. The van der Waals surface area contributed by atoms with Crippen molar-refractivity contribution < 1.29 is 13.9 Å². The zero-order chi connectivity index (χ0) is 24.5. The van der Waals surface area contributed by atoms with Gasteiger partial charge in [-0.05, 0) is 86.4 Å². The average Bonchev–Trinajstić information content (AvgIpc) is 3.20. The second-order valence-corrected chi connectivity index (χ2v) is 9.36. The number of hydrogen-bond donors (Lipinski definition) is 1. The largest absolute Gasteiger partial charge is 0.481 e. The van der Waals surface area contributed by atoms with E-state index in [1.54, 1.807) is 25.4 Å². The number of benzene rings is 1. The quantitative estimate of drug-likeness (QED) is 0.394. The van der Waals surface area contributed by atoms with Gasteiger partial charge in [0.1, 0.15) is 5.82 Å². The van der Waals surface area contributed by atoms with Gasteiger partial charge >= 0.3 is 0 Å². The molecule has 0 atom stereocenters. The van der Waals surface area contributed by atoms with E-state index < -0.39 is 5.91 Å². The first kappa shape index (κ1) is 23.0. The average molecular weight is 473 g/mol. The van der Waals surface area contributed by atoms with Crippen LogP contribution in [0, 0.1) is 18.7 Å². The number of nitrogens with two attached hydrogens (primary N) is 1. The lowest BCUT2D eigenvalue weighted by Gasteiger charge is -2.30. The molecule has 4 aromatic rings. The molecule has 0 unspecified atom stereocenters. The number of pyridine rings is 2. The Kier molecular flexibility index (Phi) is 6.24. The van der Waals surface area contributed by atoms with Crippen molar-refractivity contribution in [3.8, 4) is 17.0 Å². The Labute approximate surface area is 204 Å². The maximum atomic E-state index is 13.9. The van der Waals surface area contributed by atoms with Crippen LogP contribution in [0.2, 0.25) is 0 Å². The normalized spacial score (nSPS) is 18.0. The van der Waals surface area contributed by atoms with Gasteiger partial charge in [-0.2, -0.15) is 0 Å². The highest BCUT2D eigenvalue weighted by Crippen LogP contribution is 2.40. The highest BCUT2D eigenvalue weighted by molar-refractivity contribution is 6.01. The summed E-state index contributed by atoms with van der Waals surface area (Å²) in [4.78, 5) is 21.0. The van der Waals surface area contributed by atoms with Crippen molar-refractivity contribution >= 4 is 16.8 Å². The van der Waals surface area contributed by atoms with Crippen LogP contribution >= 0.6 is 0 Å². The molecule has 5 rings (SSSR count). The van der Waals surface area contributed by atoms with Gasteiger partial charge in [-0.15, -0.1) is 0 Å². The molecule has 35 heavy (non-hydrogen) atoms. The summed E-state index contributed by atoms with van der Waals surface area (Å²) in [5, 5.41) is 0.915. The van der Waals surface area contributed by atoms with E-state index in [1.807, 2.05) is 37.5 Å². The molecule has 1 aliphatic rings. The van der Waals surface area contributed by atoms with E-state index in [2.05, 4.69) is 14.5 Å². The summed E-state index contributed by atoms with van der Waals surface area (Å²) in [6.45, 7) is 2.82. The summed E-state index contributed by atoms with van der Waals surface area (Å²) in [6.07, 6.45) is 9.53. The van der Waals surface area contributed by atoms with Crippen molar-refractivity contribution in [3.05, 3.63) is 77.6 Å². The molecule has 1 fully saturated rings. The van der Waals surface area contributed by atoms with Gasteiger partial charge in [-0.1, -0.05) is 0 Å². The van der Waals surface area contributed by atoms with E-state index in [0.29, 0.717) is 23.3 Å². The van der Waals surface area contributed by atoms with E-state index in [-0.39, 0.29) is 5.82 Å². The third-order valence-corrected chi connectivity index (χ3v) is 7.32. The maximum Gasteiger partial charge on any atom is 0.250 e. The molecule has 0 bridgehead atoms. The van der Waals surface area contributed by atoms with Crippen LogP contribution in [-0.2, 0) is 6.54 Å². The van der Waals surface area contributed by atoms with Crippen molar-refractivity contribution in [2.24, 2.45) is 11.7 Å². The molecule has 0 aliphatic heterocycles. The minimum Gasteiger partial charge on any atom is -0.481 e. The van der Waals surface area contributed by atoms with Crippen LogP contribution in [-0.4, -0.2) is 27.6 Å². The molecule has 180 valence electrons. The third-order valence-electron chi connectivity index (χ3n) is 7.32. The lowest BCUT2D eigenvalue weighted by molar-refractivity contribution is 0.100. The number of primary amides is 1. The second kappa shape index (κ2) is 9.49. The van der Waals surface area contributed by atoms with Gasteiger partial charge in [0.2, 0.25) is 5.88 Å². The summed E-state index contributed by atoms with van der Waals surface area (Å²) >= 11 is 0. The summed E-state index contributed by atoms with van der Waals surface area (Å²) in [7, 11) is 1.57. The van der Waals surface area contributed by atoms with Crippen molar-refractivity contribution in [2.45, 2.75) is 45.1 Å². The molecule has 1 aromatic carbocycles. The van der Waals surface area contributed by atoms with Crippen molar-refractivity contribution in [1.82, 2.24) is 14.5 Å². The van der Waals surface area contributed by atoms with Crippen LogP contribution in [0.3, 0.4) is 0 Å². The number of hydrogen-bond acceptors (Lipinski definition) is 4. The molecule has 0 radical (unpaired) electrons. The third kappa shape index (κ3) is 4.38. The Morgan fingerprint density at radius 2 is 1.94 bits per heavy atom. The van der Waals surface area contributed by atoms with Gasteiger partial charge in [0.15, 0.2) is 0 Å². The molecule has 3 aromatic heterocycles. The van der Waals surface area contributed by atoms with Gasteiger partial charge in [-0.25, -0.2) is 9.37 Å². The molecular weight excluding hydrogens is 443 g/mol. The van der Waals surface area contributed by atoms with E-state index in [4.69, 9.17) is 10.5 Å². The first-order valence-electron chi connectivity index (χ1n) is 12.0. The molecule has 6 nitrogen and oxygen atoms in total. The lowest BCUT2D eigenvalue weighted by Crippen LogP contribution is -2.19. The number of ether oxygens (including phenoxy) is 1. The van der Waals surface area contributed by atoms with Crippen molar-refractivity contribution in [3.63, 3.8) is 0 Å². The predicted molar refractivity (Wildman–Crippen MR) is 134 cm³/mol. The van der Waals surface area contributed by atoms with Crippen LogP contribution < -0.4 is 10.5 Å². The molecule has 0 spiro atoms. The number of rotatable bonds is 6. The topological polar surface area (TPSA) is 83.0 Å². The van der Waals surface area contributed by atoms with E-state index in [1.165, 1.54) is 11.6 Å². The molecule has 1 aliphatic carbocycles. The Hall–Kier alpha value is -3.74. The molecule has 7 heteroatoms. The van der Waals surface area contributed by atoms with Gasteiger partial charge in [-0.3, -0.25) is 9.78 Å². The summed E-state index contributed by atoms with van der Waals surface area (Å²) < 4.78 is 21.5. The SMILES string of the molecule is COc1ncccc1-c1c(C(N)=O)cn(CC2CCC(c3ccnc4ccc(F)cc34)CC2)c1C. The van der Waals surface area contributed by atoms with Crippen LogP contribution in [0.1, 0.15) is 53.2 Å². The van der Waals surface area contributed by atoms with Crippen LogP contribution in [0.5, 0.6) is 5.88 Å². The van der Waals surface area contributed by atoms with Gasteiger partial charge in [0.05, 0.1) is 18.2 Å². The molecule has 3 heterocycles. The minimum absolute atomic E-state index is 0.227. The molecular formula is C28H29FN4O2. The number of aromatic nitrogens is 3. The van der Waals surface area contributed by atoms with Crippen LogP contribution in [0.4, 0.5) is 4.39 Å². The number of nitrogens with zero attached hydrogens (tertiary/aromatic N) is 3. The number of carbonyl (C=O) groups excluding carboxylic acids is 1.